The molecule has 0 radical (unpaired) electrons. The fourth-order valence-corrected chi connectivity index (χ4v) is 1.17. The van der Waals surface area contributed by atoms with Gasteiger partial charge < -0.3 is 15.6 Å². The standard InChI is InChI=1S/C10H13NO3/c1-6-3-4-7(8(12)5-6)9(11)10(13)14-2/h3-5,9,12H,11H2,1-2H3/t9-/m1/s1. The number of hydrogen-bond acceptors (Lipinski definition) is 4. The third-order valence-corrected chi connectivity index (χ3v) is 1.98. The first-order chi connectivity index (χ1) is 6.56. The first kappa shape index (κ1) is 10.5. The second-order valence-corrected chi connectivity index (χ2v) is 3.06. The Morgan fingerprint density at radius 3 is 2.71 bits per heavy atom. The first-order valence-corrected chi connectivity index (χ1v) is 4.19. The molecule has 0 aliphatic heterocycles. The Hall–Kier alpha value is -1.55. The normalized spacial score (nSPS) is 12.2. The second kappa shape index (κ2) is 4.11. The zero-order valence-corrected chi connectivity index (χ0v) is 8.15. The number of benzene rings is 1. The number of rotatable bonds is 2. The zero-order chi connectivity index (χ0) is 10.7. The summed E-state index contributed by atoms with van der Waals surface area (Å²) in [5.41, 5.74) is 6.85. The number of methoxy groups -OCH3 is 1. The molecule has 0 aliphatic rings. The third-order valence-electron chi connectivity index (χ3n) is 1.98. The predicted octanol–water partition coefficient (Wildman–Crippen LogP) is 0.873. The molecule has 0 aliphatic carbocycles. The number of phenols is 1. The van der Waals surface area contributed by atoms with Crippen LogP contribution in [0.3, 0.4) is 0 Å². The number of ether oxygens (including phenoxy) is 1. The SMILES string of the molecule is COC(=O)[C@H](N)c1ccc(C)cc1O. The van der Waals surface area contributed by atoms with Crippen LogP contribution in [-0.4, -0.2) is 18.2 Å². The molecule has 0 bridgehead atoms. The van der Waals surface area contributed by atoms with E-state index in [1.165, 1.54) is 7.11 Å². The number of phenolic OH excluding ortho intramolecular Hbond substituents is 1. The fraction of sp³-hybridized carbons (Fsp3) is 0.300. The average molecular weight is 195 g/mol. The Labute approximate surface area is 82.3 Å². The van der Waals surface area contributed by atoms with Crippen LogP contribution in [0.15, 0.2) is 18.2 Å². The van der Waals surface area contributed by atoms with Crippen molar-refractivity contribution in [2.45, 2.75) is 13.0 Å². The molecule has 0 unspecified atom stereocenters. The van der Waals surface area contributed by atoms with Crippen molar-refractivity contribution in [3.63, 3.8) is 0 Å². The van der Waals surface area contributed by atoms with Gasteiger partial charge in [0.25, 0.3) is 0 Å². The number of aromatic hydroxyl groups is 1. The summed E-state index contributed by atoms with van der Waals surface area (Å²) in [6.45, 7) is 1.84. The lowest BCUT2D eigenvalue weighted by atomic mass is 10.0. The molecule has 0 spiro atoms. The Bertz CT molecular complexity index is 349. The van der Waals surface area contributed by atoms with Gasteiger partial charge >= 0.3 is 5.97 Å². The van der Waals surface area contributed by atoms with Crippen LogP contribution in [0.1, 0.15) is 17.2 Å². The van der Waals surface area contributed by atoms with Crippen LogP contribution in [-0.2, 0) is 9.53 Å². The molecule has 76 valence electrons. The van der Waals surface area contributed by atoms with Gasteiger partial charge in [-0.15, -0.1) is 0 Å². The molecule has 4 nitrogen and oxygen atoms in total. The van der Waals surface area contributed by atoms with Crippen LogP contribution in [0, 0.1) is 6.92 Å². The molecular formula is C10H13NO3. The summed E-state index contributed by atoms with van der Waals surface area (Å²) in [5, 5.41) is 9.52. The lowest BCUT2D eigenvalue weighted by Crippen LogP contribution is -2.22. The molecule has 3 N–H and O–H groups in total. The molecular weight excluding hydrogens is 182 g/mol. The van der Waals surface area contributed by atoms with Gasteiger partial charge in [0.2, 0.25) is 0 Å². The molecule has 0 amide bonds. The largest absolute Gasteiger partial charge is 0.508 e. The molecule has 0 saturated heterocycles. The highest BCUT2D eigenvalue weighted by molar-refractivity contribution is 5.78. The highest BCUT2D eigenvalue weighted by Gasteiger charge is 2.19. The predicted molar refractivity (Wildman–Crippen MR) is 51.8 cm³/mol. The molecule has 0 fully saturated rings. The quantitative estimate of drug-likeness (QED) is 0.687. The molecule has 0 heterocycles. The minimum Gasteiger partial charge on any atom is -0.508 e. The van der Waals surface area contributed by atoms with Gasteiger partial charge in [-0.25, -0.2) is 0 Å². The van der Waals surface area contributed by atoms with Gasteiger partial charge in [0.05, 0.1) is 7.11 Å². The van der Waals surface area contributed by atoms with E-state index in [0.29, 0.717) is 5.56 Å². The van der Waals surface area contributed by atoms with Crippen LogP contribution in [0.5, 0.6) is 5.75 Å². The zero-order valence-electron chi connectivity index (χ0n) is 8.15. The fourth-order valence-electron chi connectivity index (χ4n) is 1.17. The maximum atomic E-state index is 11.1. The van der Waals surface area contributed by atoms with E-state index >= 15 is 0 Å². The van der Waals surface area contributed by atoms with E-state index in [1.807, 2.05) is 6.92 Å². The first-order valence-electron chi connectivity index (χ1n) is 4.19. The van der Waals surface area contributed by atoms with E-state index in [2.05, 4.69) is 4.74 Å². The van der Waals surface area contributed by atoms with E-state index in [9.17, 15) is 9.90 Å². The maximum Gasteiger partial charge on any atom is 0.327 e. The van der Waals surface area contributed by atoms with E-state index in [-0.39, 0.29) is 5.75 Å². The van der Waals surface area contributed by atoms with Crippen LogP contribution in [0.25, 0.3) is 0 Å². The van der Waals surface area contributed by atoms with Crippen molar-refractivity contribution in [1.29, 1.82) is 0 Å². The van der Waals surface area contributed by atoms with Crippen molar-refractivity contribution in [2.24, 2.45) is 5.73 Å². The summed E-state index contributed by atoms with van der Waals surface area (Å²) in [5.74, 6) is -0.549. The summed E-state index contributed by atoms with van der Waals surface area (Å²) < 4.78 is 4.48. The molecule has 0 aromatic heterocycles. The summed E-state index contributed by atoms with van der Waals surface area (Å²) in [6, 6.07) is 4.02. The smallest absolute Gasteiger partial charge is 0.327 e. The third kappa shape index (κ3) is 2.03. The molecule has 1 aromatic carbocycles. The van der Waals surface area contributed by atoms with Crippen LogP contribution in [0.2, 0.25) is 0 Å². The van der Waals surface area contributed by atoms with Gasteiger partial charge in [0.15, 0.2) is 0 Å². The Morgan fingerprint density at radius 2 is 2.21 bits per heavy atom. The maximum absolute atomic E-state index is 11.1. The van der Waals surface area contributed by atoms with Gasteiger partial charge in [-0.3, -0.25) is 4.79 Å². The van der Waals surface area contributed by atoms with Crippen molar-refractivity contribution in [1.82, 2.24) is 0 Å². The highest BCUT2D eigenvalue weighted by Crippen LogP contribution is 2.24. The van der Waals surface area contributed by atoms with Crippen LogP contribution < -0.4 is 5.73 Å². The van der Waals surface area contributed by atoms with Crippen molar-refractivity contribution in [3.05, 3.63) is 29.3 Å². The van der Waals surface area contributed by atoms with Gasteiger partial charge in [-0.1, -0.05) is 12.1 Å². The van der Waals surface area contributed by atoms with Gasteiger partial charge in [-0.05, 0) is 18.6 Å². The Morgan fingerprint density at radius 1 is 1.57 bits per heavy atom. The number of hydrogen-bond donors (Lipinski definition) is 2. The number of esters is 1. The Balaban J connectivity index is 3.01. The van der Waals surface area contributed by atoms with Gasteiger partial charge in [0.1, 0.15) is 11.8 Å². The number of nitrogens with two attached hydrogens (primary N) is 1. The van der Waals surface area contributed by atoms with E-state index < -0.39 is 12.0 Å². The molecule has 0 saturated carbocycles. The number of carbonyl (C=O) groups excluding carboxylic acids is 1. The van der Waals surface area contributed by atoms with Crippen LogP contribution in [0.4, 0.5) is 0 Å². The minimum absolute atomic E-state index is 0.0166. The van der Waals surface area contributed by atoms with Crippen molar-refractivity contribution in [2.75, 3.05) is 7.11 Å². The van der Waals surface area contributed by atoms with E-state index in [1.54, 1.807) is 18.2 Å². The minimum atomic E-state index is -0.930. The summed E-state index contributed by atoms with van der Waals surface area (Å²) in [4.78, 5) is 11.1. The van der Waals surface area contributed by atoms with Gasteiger partial charge in [0, 0.05) is 5.56 Å². The van der Waals surface area contributed by atoms with Gasteiger partial charge in [-0.2, -0.15) is 0 Å². The van der Waals surface area contributed by atoms with Crippen molar-refractivity contribution < 1.29 is 14.6 Å². The second-order valence-electron chi connectivity index (χ2n) is 3.06. The highest BCUT2D eigenvalue weighted by atomic mass is 16.5. The van der Waals surface area contributed by atoms with Crippen LogP contribution >= 0.6 is 0 Å². The monoisotopic (exact) mass is 195 g/mol. The van der Waals surface area contributed by atoms with E-state index in [4.69, 9.17) is 5.73 Å². The molecule has 1 aromatic rings. The molecule has 1 atom stereocenters. The molecule has 4 heteroatoms. The average Bonchev–Trinajstić information content (AvgIpc) is 2.15. The van der Waals surface area contributed by atoms with E-state index in [0.717, 1.165) is 5.56 Å². The van der Waals surface area contributed by atoms with Crippen molar-refractivity contribution in [3.8, 4) is 5.75 Å². The summed E-state index contributed by atoms with van der Waals surface area (Å²) in [7, 11) is 1.26. The number of carbonyl (C=O) groups is 1. The van der Waals surface area contributed by atoms with Crippen molar-refractivity contribution >= 4 is 5.97 Å². The summed E-state index contributed by atoms with van der Waals surface area (Å²) in [6.07, 6.45) is 0. The summed E-state index contributed by atoms with van der Waals surface area (Å²) >= 11 is 0. The molecule has 1 rings (SSSR count). The topological polar surface area (TPSA) is 72.5 Å². The Kier molecular flexibility index (Phi) is 3.09. The molecule has 14 heavy (non-hydrogen) atoms. The number of aryl methyl sites for hydroxylation is 1. The lowest BCUT2D eigenvalue weighted by Gasteiger charge is -2.11. The lowest BCUT2D eigenvalue weighted by molar-refractivity contribution is -0.142.